The highest BCUT2D eigenvalue weighted by Crippen LogP contribution is 2.31. The van der Waals surface area contributed by atoms with Crippen LogP contribution >= 0.6 is 0 Å². The van der Waals surface area contributed by atoms with Gasteiger partial charge in [0.05, 0.1) is 11.4 Å². The predicted octanol–water partition coefficient (Wildman–Crippen LogP) is 3.50. The highest BCUT2D eigenvalue weighted by Gasteiger charge is 2.28. The zero-order valence-electron chi connectivity index (χ0n) is 18.3. The Bertz CT molecular complexity index is 1070. The SMILES string of the molecule is Cc1ccc(C(=O)NCCCN2c3ccccc3C[C@@H]2C)cc1N1CCCCS1(=O)=O. The van der Waals surface area contributed by atoms with Crippen molar-refractivity contribution in [2.45, 2.75) is 45.6 Å². The van der Waals surface area contributed by atoms with Gasteiger partial charge >= 0.3 is 0 Å². The number of aryl methyl sites for hydroxylation is 1. The van der Waals surface area contributed by atoms with Crippen LogP contribution in [0.25, 0.3) is 0 Å². The second kappa shape index (κ2) is 8.91. The Labute approximate surface area is 185 Å². The number of carbonyl (C=O) groups excluding carboxylic acids is 1. The van der Waals surface area contributed by atoms with Crippen LogP contribution in [0.2, 0.25) is 0 Å². The van der Waals surface area contributed by atoms with Crippen LogP contribution in [0, 0.1) is 6.92 Å². The van der Waals surface area contributed by atoms with E-state index in [1.54, 1.807) is 12.1 Å². The second-order valence-electron chi connectivity index (χ2n) is 8.58. The smallest absolute Gasteiger partial charge is 0.251 e. The lowest BCUT2D eigenvalue weighted by atomic mass is 10.1. The fourth-order valence-electron chi connectivity index (χ4n) is 4.60. The molecular formula is C24H31N3O3S. The Morgan fingerprint density at radius 1 is 1.13 bits per heavy atom. The second-order valence-corrected chi connectivity index (χ2v) is 10.6. The summed E-state index contributed by atoms with van der Waals surface area (Å²) >= 11 is 0. The van der Waals surface area contributed by atoms with Crippen LogP contribution in [0.3, 0.4) is 0 Å². The number of anilines is 2. The third-order valence-electron chi connectivity index (χ3n) is 6.30. The molecule has 1 amide bonds. The summed E-state index contributed by atoms with van der Waals surface area (Å²) in [7, 11) is -3.31. The lowest BCUT2D eigenvalue weighted by Crippen LogP contribution is -2.38. The number of hydrogen-bond acceptors (Lipinski definition) is 4. The molecule has 0 saturated carbocycles. The van der Waals surface area contributed by atoms with Gasteiger partial charge < -0.3 is 10.2 Å². The van der Waals surface area contributed by atoms with E-state index in [2.05, 4.69) is 41.4 Å². The standard InChI is InChI=1S/C24H31N3O3S/c1-18-10-11-21(17-23(18)27-14-5-6-15-31(27,29)30)24(28)25-12-7-13-26-19(2)16-20-8-3-4-9-22(20)26/h3-4,8-11,17,19H,5-7,12-16H2,1-2H3,(H,25,28)/t19-/m0/s1. The molecule has 0 unspecified atom stereocenters. The van der Waals surface area contributed by atoms with Crippen LogP contribution in [0.5, 0.6) is 0 Å². The van der Waals surface area contributed by atoms with Gasteiger partial charge in [0.25, 0.3) is 5.91 Å². The van der Waals surface area contributed by atoms with Crippen LogP contribution < -0.4 is 14.5 Å². The normalized spacial score (nSPS) is 19.9. The van der Waals surface area contributed by atoms with Crippen molar-refractivity contribution in [1.29, 1.82) is 0 Å². The van der Waals surface area contributed by atoms with E-state index in [1.807, 2.05) is 13.0 Å². The number of nitrogens with zero attached hydrogens (tertiary/aromatic N) is 2. The van der Waals surface area contributed by atoms with Crippen LogP contribution in [0.4, 0.5) is 11.4 Å². The van der Waals surface area contributed by atoms with Crippen molar-refractivity contribution in [2.24, 2.45) is 0 Å². The molecule has 1 atom stereocenters. The van der Waals surface area contributed by atoms with Crippen molar-refractivity contribution in [3.8, 4) is 0 Å². The molecule has 6 nitrogen and oxygen atoms in total. The molecule has 0 aromatic heterocycles. The number of nitrogens with one attached hydrogen (secondary N) is 1. The van der Waals surface area contributed by atoms with Gasteiger partial charge in [-0.1, -0.05) is 24.3 Å². The first-order chi connectivity index (χ1) is 14.9. The summed E-state index contributed by atoms with van der Waals surface area (Å²) in [4.78, 5) is 15.1. The predicted molar refractivity (Wildman–Crippen MR) is 125 cm³/mol. The summed E-state index contributed by atoms with van der Waals surface area (Å²) in [6.45, 7) is 6.07. The molecule has 2 aliphatic rings. The summed E-state index contributed by atoms with van der Waals surface area (Å²) < 4.78 is 26.4. The van der Waals surface area contributed by atoms with Crippen LogP contribution in [-0.2, 0) is 16.4 Å². The summed E-state index contributed by atoms with van der Waals surface area (Å²) in [5, 5.41) is 3.00. The van der Waals surface area contributed by atoms with Gasteiger partial charge in [0.2, 0.25) is 10.0 Å². The van der Waals surface area contributed by atoms with Gasteiger partial charge in [-0.25, -0.2) is 8.42 Å². The summed E-state index contributed by atoms with van der Waals surface area (Å²) in [5.41, 5.74) is 4.67. The van der Waals surface area contributed by atoms with Gasteiger partial charge in [0, 0.05) is 36.9 Å². The van der Waals surface area contributed by atoms with Gasteiger partial charge in [0.15, 0.2) is 0 Å². The maximum Gasteiger partial charge on any atom is 0.251 e. The minimum atomic E-state index is -3.31. The monoisotopic (exact) mass is 441 g/mol. The van der Waals surface area contributed by atoms with Crippen molar-refractivity contribution in [3.63, 3.8) is 0 Å². The van der Waals surface area contributed by atoms with Crippen molar-refractivity contribution < 1.29 is 13.2 Å². The van der Waals surface area contributed by atoms with E-state index in [9.17, 15) is 13.2 Å². The Kier molecular flexibility index (Phi) is 6.23. The fourth-order valence-corrected chi connectivity index (χ4v) is 6.30. The Balaban J connectivity index is 1.36. The van der Waals surface area contributed by atoms with E-state index in [4.69, 9.17) is 0 Å². The molecule has 1 N–H and O–H groups in total. The van der Waals surface area contributed by atoms with Crippen molar-refractivity contribution in [1.82, 2.24) is 5.32 Å². The zero-order chi connectivity index (χ0) is 22.0. The average molecular weight is 442 g/mol. The molecule has 2 aromatic carbocycles. The van der Waals surface area contributed by atoms with E-state index in [0.717, 1.165) is 31.4 Å². The summed E-state index contributed by atoms with van der Waals surface area (Å²) in [6.07, 6.45) is 3.45. The summed E-state index contributed by atoms with van der Waals surface area (Å²) in [5.74, 6) is 0.00603. The van der Waals surface area contributed by atoms with E-state index in [1.165, 1.54) is 15.6 Å². The Morgan fingerprint density at radius 3 is 2.74 bits per heavy atom. The molecule has 7 heteroatoms. The molecule has 2 aromatic rings. The number of hydrogen-bond donors (Lipinski definition) is 1. The number of carbonyl (C=O) groups is 1. The first-order valence-electron chi connectivity index (χ1n) is 11.1. The molecule has 31 heavy (non-hydrogen) atoms. The molecule has 166 valence electrons. The van der Waals surface area contributed by atoms with Crippen LogP contribution in [0.15, 0.2) is 42.5 Å². The van der Waals surface area contributed by atoms with Crippen molar-refractivity contribution in [2.75, 3.05) is 34.6 Å². The minimum absolute atomic E-state index is 0.162. The lowest BCUT2D eigenvalue weighted by Gasteiger charge is -2.29. The first-order valence-corrected chi connectivity index (χ1v) is 12.7. The van der Waals surface area contributed by atoms with Gasteiger partial charge in [-0.05, 0) is 68.9 Å². The number of sulfonamides is 1. The minimum Gasteiger partial charge on any atom is -0.368 e. The van der Waals surface area contributed by atoms with Gasteiger partial charge in [-0.15, -0.1) is 0 Å². The van der Waals surface area contributed by atoms with Crippen molar-refractivity contribution >= 4 is 27.3 Å². The molecule has 4 rings (SSSR count). The number of benzene rings is 2. The molecule has 1 saturated heterocycles. The van der Waals surface area contributed by atoms with E-state index < -0.39 is 10.0 Å². The molecule has 0 bridgehead atoms. The lowest BCUT2D eigenvalue weighted by molar-refractivity contribution is 0.0953. The zero-order valence-corrected chi connectivity index (χ0v) is 19.1. The summed E-state index contributed by atoms with van der Waals surface area (Å²) in [6, 6.07) is 14.3. The molecular weight excluding hydrogens is 410 g/mol. The maximum absolute atomic E-state index is 12.7. The molecule has 0 spiro atoms. The Morgan fingerprint density at radius 2 is 1.94 bits per heavy atom. The largest absolute Gasteiger partial charge is 0.368 e. The van der Waals surface area contributed by atoms with Crippen LogP contribution in [-0.4, -0.2) is 45.8 Å². The third kappa shape index (κ3) is 4.56. The van der Waals surface area contributed by atoms with Crippen LogP contribution in [0.1, 0.15) is 47.7 Å². The van der Waals surface area contributed by atoms with E-state index >= 15 is 0 Å². The van der Waals surface area contributed by atoms with Crippen molar-refractivity contribution in [3.05, 3.63) is 59.2 Å². The topological polar surface area (TPSA) is 69.7 Å². The molecule has 0 radical (unpaired) electrons. The maximum atomic E-state index is 12.7. The molecule has 2 aliphatic heterocycles. The average Bonchev–Trinajstić information content (AvgIpc) is 3.06. The van der Waals surface area contributed by atoms with E-state index in [0.29, 0.717) is 36.8 Å². The third-order valence-corrected chi connectivity index (χ3v) is 8.15. The van der Waals surface area contributed by atoms with Gasteiger partial charge in [-0.3, -0.25) is 9.10 Å². The highest BCUT2D eigenvalue weighted by molar-refractivity contribution is 7.92. The number of para-hydroxylation sites is 1. The number of fused-ring (bicyclic) bond motifs is 1. The molecule has 2 heterocycles. The van der Waals surface area contributed by atoms with Gasteiger partial charge in [0.1, 0.15) is 0 Å². The van der Waals surface area contributed by atoms with Gasteiger partial charge in [-0.2, -0.15) is 0 Å². The quantitative estimate of drug-likeness (QED) is 0.697. The highest BCUT2D eigenvalue weighted by atomic mass is 32.2. The molecule has 0 aliphatic carbocycles. The molecule has 1 fully saturated rings. The first kappa shape index (κ1) is 21.7. The number of rotatable bonds is 6. The fraction of sp³-hybridized carbons (Fsp3) is 0.458. The van der Waals surface area contributed by atoms with E-state index in [-0.39, 0.29) is 11.7 Å². The Hall–Kier alpha value is -2.54. The number of amides is 1.